The van der Waals surface area contributed by atoms with Crippen LogP contribution in [0.1, 0.15) is 38.4 Å². The smallest absolute Gasteiger partial charge is 0.307 e. The number of carbonyl (C=O) groups is 1. The zero-order chi connectivity index (χ0) is 14.2. The maximum Gasteiger partial charge on any atom is 0.307 e. The quantitative estimate of drug-likeness (QED) is 0.902. The van der Waals surface area contributed by atoms with E-state index in [2.05, 4.69) is 37.0 Å². The van der Waals surface area contributed by atoms with Gasteiger partial charge in [-0.1, -0.05) is 20.8 Å². The molecule has 5 nitrogen and oxygen atoms in total. The number of aliphatic carboxylic acids is 1. The van der Waals surface area contributed by atoms with Crippen LogP contribution < -0.4 is 0 Å². The number of carboxylic acid groups (broad SMARTS) is 1. The first-order chi connectivity index (χ1) is 8.77. The van der Waals surface area contributed by atoms with Crippen LogP contribution in [0.25, 0.3) is 0 Å². The van der Waals surface area contributed by atoms with Gasteiger partial charge in [-0.15, -0.1) is 0 Å². The Morgan fingerprint density at radius 2 is 2.21 bits per heavy atom. The Morgan fingerprint density at radius 3 is 2.74 bits per heavy atom. The fourth-order valence-corrected chi connectivity index (χ4v) is 2.70. The highest BCUT2D eigenvalue weighted by atomic mass is 16.4. The van der Waals surface area contributed by atoms with Gasteiger partial charge in [0.15, 0.2) is 0 Å². The lowest BCUT2D eigenvalue weighted by Crippen LogP contribution is -2.24. The lowest BCUT2D eigenvalue weighted by molar-refractivity contribution is -0.141. The van der Waals surface area contributed by atoms with E-state index in [0.717, 1.165) is 25.2 Å². The van der Waals surface area contributed by atoms with E-state index in [9.17, 15) is 4.79 Å². The highest BCUT2D eigenvalue weighted by Crippen LogP contribution is 2.27. The number of nitrogens with zero attached hydrogens (tertiary/aromatic N) is 3. The van der Waals surface area contributed by atoms with E-state index in [0.29, 0.717) is 6.54 Å². The summed E-state index contributed by atoms with van der Waals surface area (Å²) in [6, 6.07) is 0. The summed E-state index contributed by atoms with van der Waals surface area (Å²) in [4.78, 5) is 13.2. The van der Waals surface area contributed by atoms with Crippen molar-refractivity contribution in [3.63, 3.8) is 0 Å². The first kappa shape index (κ1) is 14.1. The molecule has 1 aromatic rings. The van der Waals surface area contributed by atoms with Crippen molar-refractivity contribution in [2.24, 2.45) is 13.0 Å². The zero-order valence-electron chi connectivity index (χ0n) is 12.2. The van der Waals surface area contributed by atoms with Gasteiger partial charge < -0.3 is 5.11 Å². The summed E-state index contributed by atoms with van der Waals surface area (Å²) in [7, 11) is 1.93. The maximum absolute atomic E-state index is 11.0. The van der Waals surface area contributed by atoms with Crippen molar-refractivity contribution in [3.8, 4) is 0 Å². The molecular formula is C14H23N3O2. The Hall–Kier alpha value is -1.36. The average Bonchev–Trinajstić information content (AvgIpc) is 2.85. The molecule has 106 valence electrons. The topological polar surface area (TPSA) is 58.4 Å². The van der Waals surface area contributed by atoms with Crippen LogP contribution in [0.4, 0.5) is 0 Å². The Balaban J connectivity index is 2.10. The van der Waals surface area contributed by atoms with Gasteiger partial charge in [-0.25, -0.2) is 0 Å². The Bertz CT molecular complexity index is 474. The van der Waals surface area contributed by atoms with Gasteiger partial charge in [0.05, 0.1) is 11.6 Å². The second-order valence-corrected chi connectivity index (χ2v) is 6.49. The van der Waals surface area contributed by atoms with E-state index >= 15 is 0 Å². The predicted molar refractivity (Wildman–Crippen MR) is 72.9 cm³/mol. The number of hydrogen-bond acceptors (Lipinski definition) is 3. The molecule has 0 radical (unpaired) electrons. The van der Waals surface area contributed by atoms with Gasteiger partial charge in [0.2, 0.25) is 0 Å². The van der Waals surface area contributed by atoms with Crippen LogP contribution in [0, 0.1) is 5.92 Å². The first-order valence-electron chi connectivity index (χ1n) is 6.75. The van der Waals surface area contributed by atoms with Gasteiger partial charge in [-0.3, -0.25) is 14.4 Å². The molecule has 0 saturated carbocycles. The number of likely N-dealkylation sites (tertiary alicyclic amines) is 1. The molecule has 1 aromatic heterocycles. The molecule has 1 atom stereocenters. The molecule has 1 unspecified atom stereocenters. The Morgan fingerprint density at radius 1 is 1.53 bits per heavy atom. The van der Waals surface area contributed by atoms with Crippen LogP contribution in [0.5, 0.6) is 0 Å². The summed E-state index contributed by atoms with van der Waals surface area (Å²) >= 11 is 0. The van der Waals surface area contributed by atoms with Crippen LogP contribution >= 0.6 is 0 Å². The SMILES string of the molecule is Cn1cc(CN2CCC(C(=O)O)C2)c(C(C)(C)C)n1. The minimum atomic E-state index is -0.676. The third-order valence-corrected chi connectivity index (χ3v) is 3.63. The molecule has 1 aliphatic rings. The molecule has 1 saturated heterocycles. The third-order valence-electron chi connectivity index (χ3n) is 3.63. The van der Waals surface area contributed by atoms with E-state index < -0.39 is 5.97 Å². The number of aryl methyl sites for hydroxylation is 1. The number of aromatic nitrogens is 2. The van der Waals surface area contributed by atoms with Gasteiger partial charge in [-0.2, -0.15) is 5.10 Å². The monoisotopic (exact) mass is 265 g/mol. The van der Waals surface area contributed by atoms with E-state index in [1.165, 1.54) is 5.56 Å². The van der Waals surface area contributed by atoms with Gasteiger partial charge in [-0.05, 0) is 13.0 Å². The first-order valence-corrected chi connectivity index (χ1v) is 6.75. The van der Waals surface area contributed by atoms with Gasteiger partial charge in [0, 0.05) is 37.3 Å². The van der Waals surface area contributed by atoms with Gasteiger partial charge >= 0.3 is 5.97 Å². The van der Waals surface area contributed by atoms with E-state index in [1.54, 1.807) is 0 Å². The number of hydrogen-bond donors (Lipinski definition) is 1. The molecule has 1 fully saturated rings. The maximum atomic E-state index is 11.0. The Kier molecular flexibility index (Phi) is 3.67. The van der Waals surface area contributed by atoms with Crippen molar-refractivity contribution in [3.05, 3.63) is 17.5 Å². The fourth-order valence-electron chi connectivity index (χ4n) is 2.70. The van der Waals surface area contributed by atoms with Crippen LogP contribution in [-0.4, -0.2) is 38.8 Å². The Labute approximate surface area is 114 Å². The standard InChI is InChI=1S/C14H23N3O2/c1-14(2,3)12-11(7-16(4)15-12)9-17-6-5-10(8-17)13(18)19/h7,10H,5-6,8-9H2,1-4H3,(H,18,19). The zero-order valence-corrected chi connectivity index (χ0v) is 12.2. The molecule has 0 spiro atoms. The highest BCUT2D eigenvalue weighted by Gasteiger charge is 2.30. The summed E-state index contributed by atoms with van der Waals surface area (Å²) in [6.45, 7) is 8.77. The fraction of sp³-hybridized carbons (Fsp3) is 0.714. The van der Waals surface area contributed by atoms with Crippen molar-refractivity contribution in [1.82, 2.24) is 14.7 Å². The van der Waals surface area contributed by atoms with Gasteiger partial charge in [0.1, 0.15) is 0 Å². The summed E-state index contributed by atoms with van der Waals surface area (Å²) in [5, 5.41) is 13.6. The number of carboxylic acids is 1. The summed E-state index contributed by atoms with van der Waals surface area (Å²) in [5.41, 5.74) is 2.33. The van der Waals surface area contributed by atoms with Crippen LogP contribution in [0.3, 0.4) is 0 Å². The minimum absolute atomic E-state index is 0.0164. The molecular weight excluding hydrogens is 242 g/mol. The summed E-state index contributed by atoms with van der Waals surface area (Å²) in [5.74, 6) is -0.889. The largest absolute Gasteiger partial charge is 0.481 e. The predicted octanol–water partition coefficient (Wildman–Crippen LogP) is 1.62. The molecule has 0 aliphatic carbocycles. The lowest BCUT2D eigenvalue weighted by Gasteiger charge is -2.20. The molecule has 2 heterocycles. The summed E-state index contributed by atoms with van der Waals surface area (Å²) < 4.78 is 1.85. The molecule has 5 heteroatoms. The molecule has 2 rings (SSSR count). The van der Waals surface area contributed by atoms with E-state index in [4.69, 9.17) is 5.11 Å². The third kappa shape index (κ3) is 3.15. The van der Waals surface area contributed by atoms with Crippen molar-refractivity contribution < 1.29 is 9.90 Å². The molecule has 1 aliphatic heterocycles. The average molecular weight is 265 g/mol. The minimum Gasteiger partial charge on any atom is -0.481 e. The van der Waals surface area contributed by atoms with Crippen LogP contribution in [-0.2, 0) is 23.8 Å². The van der Waals surface area contributed by atoms with E-state index in [1.807, 2.05) is 11.7 Å². The molecule has 1 N–H and O–H groups in total. The molecule has 19 heavy (non-hydrogen) atoms. The van der Waals surface area contributed by atoms with Crippen LogP contribution in [0.15, 0.2) is 6.20 Å². The van der Waals surface area contributed by atoms with Crippen molar-refractivity contribution >= 4 is 5.97 Å². The second-order valence-electron chi connectivity index (χ2n) is 6.49. The normalized spacial score (nSPS) is 20.9. The summed E-state index contributed by atoms with van der Waals surface area (Å²) in [6.07, 6.45) is 2.80. The van der Waals surface area contributed by atoms with Crippen molar-refractivity contribution in [1.29, 1.82) is 0 Å². The second kappa shape index (κ2) is 4.96. The van der Waals surface area contributed by atoms with Crippen molar-refractivity contribution in [2.45, 2.75) is 39.2 Å². The molecule has 0 amide bonds. The van der Waals surface area contributed by atoms with Crippen LogP contribution in [0.2, 0.25) is 0 Å². The molecule has 0 bridgehead atoms. The highest BCUT2D eigenvalue weighted by molar-refractivity contribution is 5.70. The lowest BCUT2D eigenvalue weighted by atomic mass is 9.89. The number of rotatable bonds is 3. The van der Waals surface area contributed by atoms with E-state index in [-0.39, 0.29) is 11.3 Å². The van der Waals surface area contributed by atoms with Gasteiger partial charge in [0.25, 0.3) is 0 Å². The van der Waals surface area contributed by atoms with Crippen molar-refractivity contribution in [2.75, 3.05) is 13.1 Å². The molecule has 0 aromatic carbocycles.